The number of nitrogens with one attached hydrogen (secondary N) is 1. The van der Waals surface area contributed by atoms with Crippen molar-refractivity contribution in [3.05, 3.63) is 70.9 Å². The van der Waals surface area contributed by atoms with Crippen molar-refractivity contribution in [2.24, 2.45) is 0 Å². The fourth-order valence-corrected chi connectivity index (χ4v) is 3.30. The number of hydrogen-bond acceptors (Lipinski definition) is 4. The molecule has 1 N–H and O–H groups in total. The van der Waals surface area contributed by atoms with Gasteiger partial charge in [-0.2, -0.15) is 4.98 Å². The van der Waals surface area contributed by atoms with Gasteiger partial charge in [-0.1, -0.05) is 42.0 Å². The molecular weight excluding hydrogens is 339 g/mol. The largest absolute Gasteiger partial charge is 0.289 e. The van der Waals surface area contributed by atoms with Gasteiger partial charge in [-0.3, -0.25) is 10.1 Å². The minimum absolute atomic E-state index is 0.0422. The summed E-state index contributed by atoms with van der Waals surface area (Å²) < 4.78 is 15.4. The van der Waals surface area contributed by atoms with Crippen molar-refractivity contribution in [1.82, 2.24) is 14.6 Å². The summed E-state index contributed by atoms with van der Waals surface area (Å²) in [5.41, 5.74) is 3.03. The molecule has 4 rings (SSSR count). The highest BCUT2D eigenvalue weighted by Crippen LogP contribution is 2.26. The van der Waals surface area contributed by atoms with Crippen LogP contribution < -0.4 is 5.32 Å². The van der Waals surface area contributed by atoms with Crippen molar-refractivity contribution in [3.8, 4) is 11.3 Å². The van der Waals surface area contributed by atoms with Gasteiger partial charge in [0.05, 0.1) is 11.3 Å². The van der Waals surface area contributed by atoms with Crippen LogP contribution in [0, 0.1) is 12.7 Å². The van der Waals surface area contributed by atoms with Crippen molar-refractivity contribution in [1.29, 1.82) is 0 Å². The maximum atomic E-state index is 13.7. The summed E-state index contributed by atoms with van der Waals surface area (Å²) in [5.74, 6) is -1.01. The van der Waals surface area contributed by atoms with E-state index in [4.69, 9.17) is 0 Å². The number of rotatable bonds is 3. The lowest BCUT2D eigenvalue weighted by Gasteiger charge is -2.02. The van der Waals surface area contributed by atoms with Crippen LogP contribution >= 0.6 is 11.3 Å². The second-order valence-corrected chi connectivity index (χ2v) is 6.39. The van der Waals surface area contributed by atoms with Crippen LogP contribution in [-0.4, -0.2) is 20.5 Å². The van der Waals surface area contributed by atoms with Crippen LogP contribution in [0.15, 0.2) is 53.9 Å². The summed E-state index contributed by atoms with van der Waals surface area (Å²) >= 11 is 1.42. The minimum Gasteiger partial charge on any atom is -0.289 e. The molecule has 0 bridgehead atoms. The third-order valence-electron chi connectivity index (χ3n) is 3.77. The van der Waals surface area contributed by atoms with Gasteiger partial charge < -0.3 is 0 Å². The van der Waals surface area contributed by atoms with Crippen LogP contribution in [0.25, 0.3) is 16.2 Å². The van der Waals surface area contributed by atoms with Gasteiger partial charge in [0.2, 0.25) is 4.96 Å². The van der Waals surface area contributed by atoms with Gasteiger partial charge in [-0.25, -0.2) is 8.91 Å². The number of carbonyl (C=O) groups excluding carboxylic acids is 1. The monoisotopic (exact) mass is 352 g/mol. The summed E-state index contributed by atoms with van der Waals surface area (Å²) in [6.07, 6.45) is 0. The van der Waals surface area contributed by atoms with Crippen LogP contribution in [-0.2, 0) is 0 Å². The number of aromatic nitrogens is 3. The molecule has 0 radical (unpaired) electrons. The summed E-state index contributed by atoms with van der Waals surface area (Å²) in [5, 5.41) is 8.84. The van der Waals surface area contributed by atoms with E-state index >= 15 is 0 Å². The third kappa shape index (κ3) is 2.89. The first kappa shape index (κ1) is 15.5. The quantitative estimate of drug-likeness (QED) is 0.602. The zero-order chi connectivity index (χ0) is 17.4. The molecule has 0 fully saturated rings. The second kappa shape index (κ2) is 6.10. The summed E-state index contributed by atoms with van der Waals surface area (Å²) in [6, 6.07) is 13.9. The highest BCUT2D eigenvalue weighted by atomic mass is 32.1. The van der Waals surface area contributed by atoms with Gasteiger partial charge in [0.15, 0.2) is 0 Å². The topological polar surface area (TPSA) is 59.3 Å². The molecule has 0 atom stereocenters. The summed E-state index contributed by atoms with van der Waals surface area (Å²) in [4.78, 5) is 17.1. The molecule has 5 nitrogen and oxygen atoms in total. The Morgan fingerprint density at radius 3 is 2.68 bits per heavy atom. The van der Waals surface area contributed by atoms with Crippen LogP contribution in [0.1, 0.15) is 15.9 Å². The van der Waals surface area contributed by atoms with Gasteiger partial charge in [-0.15, -0.1) is 16.4 Å². The van der Waals surface area contributed by atoms with E-state index in [0.717, 1.165) is 11.3 Å². The van der Waals surface area contributed by atoms with Crippen molar-refractivity contribution in [3.63, 3.8) is 0 Å². The fourth-order valence-electron chi connectivity index (χ4n) is 2.47. The number of benzene rings is 2. The molecule has 2 aromatic carbocycles. The molecule has 0 aliphatic heterocycles. The number of hydrogen-bond donors (Lipinski definition) is 1. The lowest BCUT2D eigenvalue weighted by atomic mass is 10.1. The molecule has 7 heteroatoms. The molecule has 2 heterocycles. The lowest BCUT2D eigenvalue weighted by Crippen LogP contribution is -2.14. The Morgan fingerprint density at radius 1 is 1.16 bits per heavy atom. The molecule has 0 spiro atoms. The average Bonchev–Trinajstić information content (AvgIpc) is 3.16. The van der Waals surface area contributed by atoms with E-state index in [1.807, 2.05) is 36.6 Å². The minimum atomic E-state index is -0.582. The Hall–Kier alpha value is -3.06. The smallest absolute Gasteiger partial charge is 0.261 e. The molecule has 0 aliphatic carbocycles. The number of carbonyl (C=O) groups is 1. The molecule has 25 heavy (non-hydrogen) atoms. The Labute approximate surface area is 146 Å². The molecule has 4 aromatic rings. The first-order valence-corrected chi connectivity index (χ1v) is 8.47. The lowest BCUT2D eigenvalue weighted by molar-refractivity contribution is 0.102. The molecule has 124 valence electrons. The van der Waals surface area contributed by atoms with E-state index in [2.05, 4.69) is 15.4 Å². The van der Waals surface area contributed by atoms with Crippen LogP contribution in [0.3, 0.4) is 0 Å². The Kier molecular flexibility index (Phi) is 3.77. The molecular formula is C18H13FN4OS. The van der Waals surface area contributed by atoms with Gasteiger partial charge in [0.25, 0.3) is 11.9 Å². The van der Waals surface area contributed by atoms with E-state index in [-0.39, 0.29) is 11.5 Å². The average molecular weight is 352 g/mol. The van der Waals surface area contributed by atoms with E-state index in [0.29, 0.717) is 4.96 Å². The number of thiazole rings is 1. The van der Waals surface area contributed by atoms with E-state index < -0.39 is 11.7 Å². The number of amides is 1. The second-order valence-electron chi connectivity index (χ2n) is 5.55. The maximum absolute atomic E-state index is 13.7. The van der Waals surface area contributed by atoms with Crippen molar-refractivity contribution >= 4 is 28.2 Å². The molecule has 0 saturated heterocycles. The first-order valence-electron chi connectivity index (χ1n) is 7.59. The normalized spacial score (nSPS) is 11.0. The van der Waals surface area contributed by atoms with E-state index in [1.54, 1.807) is 10.6 Å². The number of nitrogens with zero attached hydrogens (tertiary/aromatic N) is 3. The van der Waals surface area contributed by atoms with E-state index in [1.165, 1.54) is 35.1 Å². The fraction of sp³-hybridized carbons (Fsp3) is 0.0556. The number of halogens is 1. The van der Waals surface area contributed by atoms with Gasteiger partial charge in [0.1, 0.15) is 5.82 Å². The Bertz CT molecular complexity index is 1070. The van der Waals surface area contributed by atoms with Crippen LogP contribution in [0.4, 0.5) is 10.3 Å². The number of fused-ring (bicyclic) bond motifs is 1. The SMILES string of the molecule is Cc1ccc(-c2csc3nc(NC(=O)c4ccccc4F)nn23)cc1. The van der Waals surface area contributed by atoms with Gasteiger partial charge in [-0.05, 0) is 19.1 Å². The third-order valence-corrected chi connectivity index (χ3v) is 4.59. The van der Waals surface area contributed by atoms with Crippen molar-refractivity contribution in [2.45, 2.75) is 6.92 Å². The number of aryl methyl sites for hydroxylation is 1. The van der Waals surface area contributed by atoms with Crippen LogP contribution in [0.2, 0.25) is 0 Å². The molecule has 0 unspecified atom stereocenters. The first-order chi connectivity index (χ1) is 12.1. The zero-order valence-corrected chi connectivity index (χ0v) is 14.0. The molecule has 0 saturated carbocycles. The maximum Gasteiger partial charge on any atom is 0.261 e. The van der Waals surface area contributed by atoms with Gasteiger partial charge >= 0.3 is 0 Å². The van der Waals surface area contributed by atoms with Gasteiger partial charge in [0, 0.05) is 10.9 Å². The highest BCUT2D eigenvalue weighted by Gasteiger charge is 2.16. The number of anilines is 1. The summed E-state index contributed by atoms with van der Waals surface area (Å²) in [6.45, 7) is 2.03. The van der Waals surface area contributed by atoms with Crippen LogP contribution in [0.5, 0.6) is 0 Å². The van der Waals surface area contributed by atoms with Crippen molar-refractivity contribution < 1.29 is 9.18 Å². The Balaban J connectivity index is 1.65. The highest BCUT2D eigenvalue weighted by molar-refractivity contribution is 7.15. The Morgan fingerprint density at radius 2 is 1.92 bits per heavy atom. The molecule has 2 aromatic heterocycles. The molecule has 0 aliphatic rings. The predicted molar refractivity (Wildman–Crippen MR) is 95.4 cm³/mol. The summed E-state index contributed by atoms with van der Waals surface area (Å²) in [7, 11) is 0. The zero-order valence-electron chi connectivity index (χ0n) is 13.2. The van der Waals surface area contributed by atoms with Crippen molar-refractivity contribution in [2.75, 3.05) is 5.32 Å². The molecule has 1 amide bonds. The standard InChI is InChI=1S/C18H13FN4OS/c1-11-6-8-12(9-7-11)15-10-25-18-21-17(22-23(15)18)20-16(24)13-4-2-3-5-14(13)19/h2-10H,1H3,(H,20,22,24). The predicted octanol–water partition coefficient (Wildman–Crippen LogP) is 4.16. The van der Waals surface area contributed by atoms with E-state index in [9.17, 15) is 9.18 Å².